The van der Waals surface area contributed by atoms with Crippen molar-refractivity contribution in [3.05, 3.63) is 71.8 Å². The highest BCUT2D eigenvalue weighted by Gasteiger charge is 2.09. The Labute approximate surface area is 144 Å². The van der Waals surface area contributed by atoms with E-state index >= 15 is 0 Å². The van der Waals surface area contributed by atoms with Crippen LogP contribution in [0.3, 0.4) is 0 Å². The molecule has 0 saturated carbocycles. The third kappa shape index (κ3) is 2.89. The molecule has 0 aliphatic carbocycles. The molecule has 0 spiro atoms. The number of aryl methyl sites for hydroxylation is 1. The van der Waals surface area contributed by atoms with Crippen molar-refractivity contribution in [1.82, 2.24) is 14.9 Å². The predicted molar refractivity (Wildman–Crippen MR) is 97.2 cm³/mol. The number of rotatable bonds is 4. The number of benzene rings is 2. The molecule has 0 aliphatic rings. The molecule has 2 aromatic carbocycles. The molecular formula is C20H18FN3O. The zero-order valence-corrected chi connectivity index (χ0v) is 13.8. The van der Waals surface area contributed by atoms with Gasteiger partial charge in [-0.05, 0) is 53.8 Å². The molecule has 1 amide bonds. The first-order valence-corrected chi connectivity index (χ1v) is 8.20. The van der Waals surface area contributed by atoms with Gasteiger partial charge in [0.15, 0.2) is 0 Å². The lowest BCUT2D eigenvalue weighted by atomic mass is 10.1. The van der Waals surface area contributed by atoms with E-state index in [0.717, 1.165) is 27.4 Å². The number of carbonyl (C=O) groups is 1. The van der Waals surface area contributed by atoms with Crippen LogP contribution in [0.2, 0.25) is 0 Å². The average molecular weight is 335 g/mol. The van der Waals surface area contributed by atoms with Crippen LogP contribution in [0.4, 0.5) is 4.39 Å². The van der Waals surface area contributed by atoms with Crippen molar-refractivity contribution < 1.29 is 9.18 Å². The molecular weight excluding hydrogens is 317 g/mol. The lowest BCUT2D eigenvalue weighted by molar-refractivity contribution is 0.0954. The average Bonchev–Trinajstić information content (AvgIpc) is 3.18. The molecule has 0 radical (unpaired) electrons. The van der Waals surface area contributed by atoms with E-state index in [-0.39, 0.29) is 11.7 Å². The van der Waals surface area contributed by atoms with Crippen molar-refractivity contribution in [1.29, 1.82) is 0 Å². The summed E-state index contributed by atoms with van der Waals surface area (Å²) in [4.78, 5) is 15.5. The summed E-state index contributed by atoms with van der Waals surface area (Å²) in [6.07, 6.45) is 4.48. The minimum atomic E-state index is -0.256. The number of hydrogen-bond acceptors (Lipinski definition) is 1. The minimum Gasteiger partial charge on any atom is -0.361 e. The quantitative estimate of drug-likeness (QED) is 0.586. The van der Waals surface area contributed by atoms with E-state index in [1.807, 2.05) is 48.3 Å². The van der Waals surface area contributed by atoms with Gasteiger partial charge in [-0.3, -0.25) is 4.79 Å². The van der Waals surface area contributed by atoms with Crippen molar-refractivity contribution in [2.45, 2.75) is 6.42 Å². The minimum absolute atomic E-state index is 0.103. The van der Waals surface area contributed by atoms with Crippen LogP contribution >= 0.6 is 0 Å². The topological polar surface area (TPSA) is 49.8 Å². The molecule has 2 heterocycles. The van der Waals surface area contributed by atoms with Gasteiger partial charge in [0.25, 0.3) is 5.91 Å². The SMILES string of the molecule is Cn1ccc2ccc(C(=O)NCCc3c[nH]c4ccc(F)cc34)cc21. The fraction of sp³-hybridized carbons (Fsp3) is 0.150. The number of aromatic amines is 1. The number of aromatic nitrogens is 2. The molecule has 0 atom stereocenters. The van der Waals surface area contributed by atoms with Crippen molar-refractivity contribution in [3.63, 3.8) is 0 Å². The van der Waals surface area contributed by atoms with Gasteiger partial charge in [0.05, 0.1) is 0 Å². The first-order valence-electron chi connectivity index (χ1n) is 8.20. The smallest absolute Gasteiger partial charge is 0.251 e. The van der Waals surface area contributed by atoms with Crippen LogP contribution < -0.4 is 5.32 Å². The molecule has 126 valence electrons. The van der Waals surface area contributed by atoms with Gasteiger partial charge in [-0.2, -0.15) is 0 Å². The number of hydrogen-bond donors (Lipinski definition) is 2. The highest BCUT2D eigenvalue weighted by atomic mass is 19.1. The van der Waals surface area contributed by atoms with Crippen LogP contribution in [-0.4, -0.2) is 22.0 Å². The first kappa shape index (κ1) is 15.4. The molecule has 2 aromatic heterocycles. The lowest BCUT2D eigenvalue weighted by Gasteiger charge is -2.06. The Morgan fingerprint density at radius 2 is 2.08 bits per heavy atom. The van der Waals surface area contributed by atoms with Gasteiger partial charge < -0.3 is 14.9 Å². The molecule has 0 saturated heterocycles. The second-order valence-corrected chi connectivity index (χ2v) is 6.21. The maximum absolute atomic E-state index is 13.4. The Morgan fingerprint density at radius 3 is 2.96 bits per heavy atom. The van der Waals surface area contributed by atoms with E-state index in [2.05, 4.69) is 10.3 Å². The van der Waals surface area contributed by atoms with Gasteiger partial charge in [-0.25, -0.2) is 4.39 Å². The standard InChI is InChI=1S/C20H18FN3O/c1-24-9-7-13-2-3-14(10-19(13)24)20(25)22-8-6-15-12-23-18-5-4-16(21)11-17(15)18/h2-5,7,9-12,23H,6,8H2,1H3,(H,22,25). The molecule has 0 unspecified atom stereocenters. The van der Waals surface area contributed by atoms with Gasteiger partial charge in [0.1, 0.15) is 5.82 Å². The molecule has 0 aliphatic heterocycles. The Morgan fingerprint density at radius 1 is 1.20 bits per heavy atom. The number of fused-ring (bicyclic) bond motifs is 2. The summed E-state index contributed by atoms with van der Waals surface area (Å²) in [5, 5.41) is 4.91. The van der Waals surface area contributed by atoms with Crippen LogP contribution in [0.25, 0.3) is 21.8 Å². The number of carbonyl (C=O) groups excluding carboxylic acids is 1. The van der Waals surface area contributed by atoms with E-state index < -0.39 is 0 Å². The van der Waals surface area contributed by atoms with E-state index in [1.165, 1.54) is 12.1 Å². The van der Waals surface area contributed by atoms with Gasteiger partial charge in [0, 0.05) is 48.0 Å². The van der Waals surface area contributed by atoms with Gasteiger partial charge in [0.2, 0.25) is 0 Å². The fourth-order valence-corrected chi connectivity index (χ4v) is 3.17. The van der Waals surface area contributed by atoms with Crippen molar-refractivity contribution >= 4 is 27.7 Å². The number of nitrogens with one attached hydrogen (secondary N) is 2. The number of amides is 1. The molecule has 0 fully saturated rings. The van der Waals surface area contributed by atoms with Crippen LogP contribution in [0, 0.1) is 5.82 Å². The van der Waals surface area contributed by atoms with Crippen LogP contribution in [0.1, 0.15) is 15.9 Å². The predicted octanol–water partition coefficient (Wildman–Crippen LogP) is 3.77. The van der Waals surface area contributed by atoms with E-state index in [4.69, 9.17) is 0 Å². The molecule has 2 N–H and O–H groups in total. The van der Waals surface area contributed by atoms with Crippen molar-refractivity contribution in [2.24, 2.45) is 7.05 Å². The summed E-state index contributed by atoms with van der Waals surface area (Å²) in [5.74, 6) is -0.359. The van der Waals surface area contributed by atoms with Gasteiger partial charge >= 0.3 is 0 Å². The van der Waals surface area contributed by atoms with Crippen molar-refractivity contribution in [3.8, 4) is 0 Å². The van der Waals surface area contributed by atoms with Crippen LogP contribution in [-0.2, 0) is 13.5 Å². The van der Waals surface area contributed by atoms with Crippen LogP contribution in [0.5, 0.6) is 0 Å². The number of H-pyrrole nitrogens is 1. The molecule has 4 rings (SSSR count). The molecule has 4 nitrogen and oxygen atoms in total. The fourth-order valence-electron chi connectivity index (χ4n) is 3.17. The number of nitrogens with zero attached hydrogens (tertiary/aromatic N) is 1. The zero-order valence-electron chi connectivity index (χ0n) is 13.8. The van der Waals surface area contributed by atoms with Crippen molar-refractivity contribution in [2.75, 3.05) is 6.54 Å². The van der Waals surface area contributed by atoms with Gasteiger partial charge in [-0.15, -0.1) is 0 Å². The summed E-state index contributed by atoms with van der Waals surface area (Å²) in [6.45, 7) is 0.494. The highest BCUT2D eigenvalue weighted by molar-refractivity contribution is 5.98. The Balaban J connectivity index is 1.45. The van der Waals surface area contributed by atoms with Crippen LogP contribution in [0.15, 0.2) is 54.9 Å². The zero-order chi connectivity index (χ0) is 17.4. The molecule has 0 bridgehead atoms. The summed E-state index contributed by atoms with van der Waals surface area (Å²) in [7, 11) is 1.96. The number of halogens is 1. The molecule has 4 aromatic rings. The first-order chi connectivity index (χ1) is 12.1. The molecule has 5 heteroatoms. The third-order valence-corrected chi connectivity index (χ3v) is 4.56. The summed E-state index contributed by atoms with van der Waals surface area (Å²) < 4.78 is 15.4. The second-order valence-electron chi connectivity index (χ2n) is 6.21. The normalized spacial score (nSPS) is 11.3. The van der Waals surface area contributed by atoms with Gasteiger partial charge in [-0.1, -0.05) is 6.07 Å². The second kappa shape index (κ2) is 6.09. The summed E-state index contributed by atoms with van der Waals surface area (Å²) in [6, 6.07) is 12.4. The Kier molecular flexibility index (Phi) is 3.76. The maximum atomic E-state index is 13.4. The summed E-state index contributed by atoms with van der Waals surface area (Å²) in [5.41, 5.74) is 3.56. The monoisotopic (exact) mass is 335 g/mol. The molecule has 25 heavy (non-hydrogen) atoms. The lowest BCUT2D eigenvalue weighted by Crippen LogP contribution is -2.25. The maximum Gasteiger partial charge on any atom is 0.251 e. The van der Waals surface area contributed by atoms with E-state index in [9.17, 15) is 9.18 Å². The Bertz CT molecular complexity index is 1080. The van der Waals surface area contributed by atoms with E-state index in [0.29, 0.717) is 18.5 Å². The highest BCUT2D eigenvalue weighted by Crippen LogP contribution is 2.20. The Hall–Kier alpha value is -3.08. The largest absolute Gasteiger partial charge is 0.361 e. The summed E-state index contributed by atoms with van der Waals surface area (Å²) >= 11 is 0. The van der Waals surface area contributed by atoms with E-state index in [1.54, 1.807) is 6.07 Å². The third-order valence-electron chi connectivity index (χ3n) is 4.56.